The van der Waals surface area contributed by atoms with Crippen LogP contribution in [0.25, 0.3) is 0 Å². The maximum Gasteiger partial charge on any atom is 0.298 e. The van der Waals surface area contributed by atoms with Crippen molar-refractivity contribution in [3.05, 3.63) is 33.9 Å². The van der Waals surface area contributed by atoms with Crippen molar-refractivity contribution in [2.45, 2.75) is 38.5 Å². The molecule has 1 aromatic carbocycles. The van der Waals surface area contributed by atoms with Crippen molar-refractivity contribution in [3.8, 4) is 0 Å². The summed E-state index contributed by atoms with van der Waals surface area (Å²) in [6.45, 7) is 0.466. The molecule has 1 fully saturated rings. The third-order valence-corrected chi connectivity index (χ3v) is 3.81. The molecular formula is C14H18F2N2O2. The highest BCUT2D eigenvalue weighted by atomic mass is 19.1. The van der Waals surface area contributed by atoms with Crippen LogP contribution in [-0.2, 0) is 0 Å². The molecule has 2 rings (SSSR count). The van der Waals surface area contributed by atoms with E-state index in [-0.39, 0.29) is 5.69 Å². The minimum Gasteiger partial charge on any atom is -0.377 e. The summed E-state index contributed by atoms with van der Waals surface area (Å²) in [6.07, 6.45) is 6.88. The van der Waals surface area contributed by atoms with Gasteiger partial charge in [0.15, 0.2) is 5.82 Å². The van der Waals surface area contributed by atoms with Gasteiger partial charge in [-0.1, -0.05) is 32.1 Å². The number of nitrogens with one attached hydrogen (secondary N) is 1. The fourth-order valence-electron chi connectivity index (χ4n) is 2.76. The first-order chi connectivity index (χ1) is 9.58. The van der Waals surface area contributed by atoms with E-state index >= 15 is 0 Å². The van der Waals surface area contributed by atoms with Crippen LogP contribution in [0.1, 0.15) is 38.5 Å². The fraction of sp³-hybridized carbons (Fsp3) is 0.571. The van der Waals surface area contributed by atoms with Crippen molar-refractivity contribution in [2.24, 2.45) is 5.92 Å². The molecule has 0 aliphatic heterocycles. The lowest BCUT2D eigenvalue weighted by molar-refractivity contribution is -0.384. The average molecular weight is 284 g/mol. The summed E-state index contributed by atoms with van der Waals surface area (Å²) in [5, 5.41) is 13.6. The van der Waals surface area contributed by atoms with Gasteiger partial charge in [0.05, 0.1) is 11.0 Å². The lowest BCUT2D eigenvalue weighted by atomic mass is 9.87. The molecule has 0 aromatic heterocycles. The van der Waals surface area contributed by atoms with Crippen molar-refractivity contribution >= 4 is 11.4 Å². The number of hydrogen-bond acceptors (Lipinski definition) is 3. The molecule has 0 radical (unpaired) electrons. The Balaban J connectivity index is 1.99. The van der Waals surface area contributed by atoms with Crippen LogP contribution < -0.4 is 5.32 Å². The van der Waals surface area contributed by atoms with Gasteiger partial charge in [0.1, 0.15) is 11.5 Å². The van der Waals surface area contributed by atoms with Crippen LogP contribution in [0.3, 0.4) is 0 Å². The van der Waals surface area contributed by atoms with Gasteiger partial charge in [-0.2, -0.15) is 0 Å². The Hall–Kier alpha value is -1.72. The summed E-state index contributed by atoms with van der Waals surface area (Å²) in [7, 11) is 0. The summed E-state index contributed by atoms with van der Waals surface area (Å²) in [5.41, 5.74) is -0.765. The SMILES string of the molecule is O=[N+]([O-])c1cc(F)cc(F)c1NCCC1CCCCC1. The van der Waals surface area contributed by atoms with Gasteiger partial charge in [0.2, 0.25) is 0 Å². The van der Waals surface area contributed by atoms with Crippen molar-refractivity contribution in [3.63, 3.8) is 0 Å². The molecule has 0 bridgehead atoms. The van der Waals surface area contributed by atoms with E-state index in [1.807, 2.05) is 0 Å². The highest BCUT2D eigenvalue weighted by molar-refractivity contribution is 5.62. The standard InChI is InChI=1S/C14H18F2N2O2/c15-11-8-12(16)14(13(9-11)18(19)20)17-7-6-10-4-2-1-3-5-10/h8-10,17H,1-7H2. The molecule has 1 aliphatic rings. The quantitative estimate of drug-likeness (QED) is 0.649. The van der Waals surface area contributed by atoms with Crippen molar-refractivity contribution in [2.75, 3.05) is 11.9 Å². The Morgan fingerprint density at radius 2 is 1.95 bits per heavy atom. The van der Waals surface area contributed by atoms with Gasteiger partial charge in [0.25, 0.3) is 5.69 Å². The Bertz CT molecular complexity index is 488. The van der Waals surface area contributed by atoms with Gasteiger partial charge in [-0.3, -0.25) is 10.1 Å². The highest BCUT2D eigenvalue weighted by Gasteiger charge is 2.20. The lowest BCUT2D eigenvalue weighted by Crippen LogP contribution is -2.13. The molecule has 110 valence electrons. The van der Waals surface area contributed by atoms with Crippen LogP contribution in [0, 0.1) is 27.7 Å². The molecule has 0 spiro atoms. The summed E-state index contributed by atoms with van der Waals surface area (Å²) in [5.74, 6) is -1.26. The van der Waals surface area contributed by atoms with Crippen LogP contribution in [0.15, 0.2) is 12.1 Å². The minimum absolute atomic E-state index is 0.216. The van der Waals surface area contributed by atoms with E-state index in [4.69, 9.17) is 0 Å². The second-order valence-corrected chi connectivity index (χ2v) is 5.26. The monoisotopic (exact) mass is 284 g/mol. The van der Waals surface area contributed by atoms with E-state index in [2.05, 4.69) is 5.32 Å². The second kappa shape index (κ2) is 6.63. The number of nitro benzene ring substituents is 1. The van der Waals surface area contributed by atoms with Crippen LogP contribution in [0.2, 0.25) is 0 Å². The Morgan fingerprint density at radius 3 is 2.60 bits per heavy atom. The smallest absolute Gasteiger partial charge is 0.298 e. The number of rotatable bonds is 5. The number of benzene rings is 1. The first-order valence-electron chi connectivity index (χ1n) is 6.95. The molecule has 1 aromatic rings. The number of halogens is 2. The molecular weight excluding hydrogens is 266 g/mol. The van der Waals surface area contributed by atoms with Crippen LogP contribution in [0.4, 0.5) is 20.2 Å². The molecule has 6 heteroatoms. The largest absolute Gasteiger partial charge is 0.377 e. The van der Waals surface area contributed by atoms with Gasteiger partial charge in [-0.05, 0) is 12.3 Å². The average Bonchev–Trinajstić information content (AvgIpc) is 2.41. The van der Waals surface area contributed by atoms with Crippen molar-refractivity contribution < 1.29 is 13.7 Å². The molecule has 0 amide bonds. The molecule has 1 aliphatic carbocycles. The lowest BCUT2D eigenvalue weighted by Gasteiger charge is -2.21. The van der Waals surface area contributed by atoms with Gasteiger partial charge in [0, 0.05) is 12.6 Å². The van der Waals surface area contributed by atoms with Crippen LogP contribution in [-0.4, -0.2) is 11.5 Å². The molecule has 20 heavy (non-hydrogen) atoms. The first kappa shape index (κ1) is 14.7. The van der Waals surface area contributed by atoms with Crippen LogP contribution >= 0.6 is 0 Å². The fourth-order valence-corrected chi connectivity index (χ4v) is 2.76. The highest BCUT2D eigenvalue weighted by Crippen LogP contribution is 2.30. The third-order valence-electron chi connectivity index (χ3n) is 3.81. The van der Waals surface area contributed by atoms with Crippen molar-refractivity contribution in [1.29, 1.82) is 0 Å². The molecule has 4 nitrogen and oxygen atoms in total. The molecule has 1 saturated carbocycles. The van der Waals surface area contributed by atoms with Gasteiger partial charge in [-0.25, -0.2) is 8.78 Å². The minimum atomic E-state index is -0.938. The number of anilines is 1. The van der Waals surface area contributed by atoms with E-state index in [1.165, 1.54) is 19.3 Å². The van der Waals surface area contributed by atoms with E-state index in [9.17, 15) is 18.9 Å². The summed E-state index contributed by atoms with van der Waals surface area (Å²) in [4.78, 5) is 10.1. The summed E-state index contributed by atoms with van der Waals surface area (Å²) in [6, 6.07) is 1.40. The Morgan fingerprint density at radius 1 is 1.25 bits per heavy atom. The van der Waals surface area contributed by atoms with Gasteiger partial charge < -0.3 is 5.32 Å². The van der Waals surface area contributed by atoms with E-state index in [0.29, 0.717) is 18.5 Å². The second-order valence-electron chi connectivity index (χ2n) is 5.26. The molecule has 0 saturated heterocycles. The molecule has 0 atom stereocenters. The maximum atomic E-state index is 13.6. The summed E-state index contributed by atoms with van der Waals surface area (Å²) < 4.78 is 26.6. The topological polar surface area (TPSA) is 55.2 Å². The molecule has 0 heterocycles. The Labute approximate surface area is 116 Å². The predicted octanol–water partition coefficient (Wildman–Crippen LogP) is 4.26. The van der Waals surface area contributed by atoms with Crippen LogP contribution in [0.5, 0.6) is 0 Å². The maximum absolute atomic E-state index is 13.6. The predicted molar refractivity (Wildman–Crippen MR) is 72.7 cm³/mol. The number of nitrogens with zero attached hydrogens (tertiary/aromatic N) is 1. The number of nitro groups is 1. The first-order valence-corrected chi connectivity index (χ1v) is 6.95. The zero-order chi connectivity index (χ0) is 14.5. The van der Waals surface area contributed by atoms with Gasteiger partial charge in [-0.15, -0.1) is 0 Å². The number of hydrogen-bond donors (Lipinski definition) is 1. The zero-order valence-electron chi connectivity index (χ0n) is 11.2. The third kappa shape index (κ3) is 3.65. The van der Waals surface area contributed by atoms with Gasteiger partial charge >= 0.3 is 0 Å². The van der Waals surface area contributed by atoms with E-state index in [1.54, 1.807) is 0 Å². The van der Waals surface area contributed by atoms with E-state index < -0.39 is 22.2 Å². The van der Waals surface area contributed by atoms with E-state index in [0.717, 1.165) is 25.3 Å². The normalized spacial score (nSPS) is 16.1. The van der Waals surface area contributed by atoms with Crippen molar-refractivity contribution in [1.82, 2.24) is 0 Å². The summed E-state index contributed by atoms with van der Waals surface area (Å²) >= 11 is 0. The Kier molecular flexibility index (Phi) is 4.87. The molecule has 0 unspecified atom stereocenters. The zero-order valence-corrected chi connectivity index (χ0v) is 11.2. The molecule has 1 N–H and O–H groups in total.